The normalized spacial score (nSPS) is 13.0. The highest BCUT2D eigenvalue weighted by molar-refractivity contribution is 7.87. The van der Waals surface area contributed by atoms with E-state index >= 15 is 0 Å². The molecular weight excluding hydrogens is 572 g/mol. The Bertz CT molecular complexity index is 1860. The summed E-state index contributed by atoms with van der Waals surface area (Å²) in [6.07, 6.45) is 5.51. The summed E-state index contributed by atoms with van der Waals surface area (Å²) in [7, 11) is -15.0. The summed E-state index contributed by atoms with van der Waals surface area (Å²) in [5.41, 5.74) is 0. The molecule has 0 radical (unpaired) electrons. The molecule has 0 saturated heterocycles. The fourth-order valence-electron chi connectivity index (χ4n) is 4.81. The van der Waals surface area contributed by atoms with Crippen molar-refractivity contribution < 1.29 is 48.4 Å². The highest BCUT2D eigenvalue weighted by atomic mass is 32.2. The van der Waals surface area contributed by atoms with Gasteiger partial charge in [0.1, 0.15) is 20.4 Å². The summed E-state index contributed by atoms with van der Waals surface area (Å²) >= 11 is 0. The molecular formula is C25H26O11S3. The molecule has 0 spiro atoms. The van der Waals surface area contributed by atoms with Crippen molar-refractivity contribution in [3.05, 3.63) is 36.4 Å². The molecule has 0 aliphatic rings. The van der Waals surface area contributed by atoms with Gasteiger partial charge in [0.05, 0.1) is 0 Å². The predicted molar refractivity (Wildman–Crippen MR) is 143 cm³/mol. The lowest BCUT2D eigenvalue weighted by molar-refractivity contribution is -0.134. The van der Waals surface area contributed by atoms with Crippen LogP contribution in [0.4, 0.5) is 0 Å². The summed E-state index contributed by atoms with van der Waals surface area (Å²) in [5.74, 6) is -0.926. The molecule has 0 saturated carbocycles. The molecule has 0 unspecified atom stereocenters. The first kappa shape index (κ1) is 29.1. The van der Waals surface area contributed by atoms with Gasteiger partial charge in [-0.3, -0.25) is 18.5 Å². The molecule has 39 heavy (non-hydrogen) atoms. The lowest BCUT2D eigenvalue weighted by Gasteiger charge is -2.18. The Hall–Kier alpha value is -2.88. The number of esters is 1. The summed E-state index contributed by atoms with van der Waals surface area (Å²) in [5, 5.41) is -0.593. The number of hydrogen-bond acceptors (Lipinski definition) is 8. The van der Waals surface area contributed by atoms with Crippen LogP contribution in [0, 0.1) is 0 Å². The van der Waals surface area contributed by atoms with Crippen LogP contribution in [0.25, 0.3) is 32.3 Å². The molecule has 4 aromatic carbocycles. The molecule has 4 rings (SSSR count). The third-order valence-electron chi connectivity index (χ3n) is 6.54. The van der Waals surface area contributed by atoms with Gasteiger partial charge in [0.25, 0.3) is 30.4 Å². The summed E-state index contributed by atoms with van der Waals surface area (Å²) < 4.78 is 108. The molecule has 0 atom stereocenters. The van der Waals surface area contributed by atoms with Crippen molar-refractivity contribution in [3.63, 3.8) is 0 Å². The monoisotopic (exact) mass is 598 g/mol. The standard InChI is InChI=1S/C25H26O11S3/c1-2-3-4-5-6-7-8-23(26)36-19-13-20(37(27,28)29)16-11-12-18-22(39(33,34)35)14-21(38(30,31)32)17-10-9-15(19)24(16)25(17)18/h9-14H,2-8H2,1H3,(H,27,28,29)(H,30,31,32)(H,33,34,35). The SMILES string of the molecule is CCCCCCCCC(=O)Oc1cc(S(=O)(=O)O)c2ccc3c(S(=O)(=O)O)cc(S(=O)(=O)O)c4ccc1c2c43. The number of ether oxygens (including phenoxy) is 1. The minimum Gasteiger partial charge on any atom is -0.426 e. The predicted octanol–water partition coefficient (Wildman–Crippen LogP) is 4.98. The second kappa shape index (κ2) is 10.6. The number of carbonyl (C=O) groups excluding carboxylic acids is 1. The van der Waals surface area contributed by atoms with Gasteiger partial charge in [-0.1, -0.05) is 57.2 Å². The molecule has 3 N–H and O–H groups in total. The Morgan fingerprint density at radius 3 is 1.54 bits per heavy atom. The Morgan fingerprint density at radius 1 is 0.641 bits per heavy atom. The molecule has 210 valence electrons. The van der Waals surface area contributed by atoms with Gasteiger partial charge < -0.3 is 4.74 Å². The first-order valence-corrected chi connectivity index (χ1v) is 16.4. The maximum absolute atomic E-state index is 12.6. The van der Waals surface area contributed by atoms with Crippen molar-refractivity contribution in [2.24, 2.45) is 0 Å². The molecule has 0 heterocycles. The molecule has 0 aromatic heterocycles. The van der Waals surface area contributed by atoms with Crippen LogP contribution in [0.3, 0.4) is 0 Å². The first-order valence-electron chi connectivity index (χ1n) is 12.1. The van der Waals surface area contributed by atoms with Crippen LogP contribution in [0.5, 0.6) is 5.75 Å². The van der Waals surface area contributed by atoms with Crippen LogP contribution < -0.4 is 4.74 Å². The molecule has 14 heteroatoms. The van der Waals surface area contributed by atoms with E-state index in [4.69, 9.17) is 4.74 Å². The van der Waals surface area contributed by atoms with Crippen LogP contribution in [0.2, 0.25) is 0 Å². The highest BCUT2D eigenvalue weighted by Crippen LogP contribution is 2.45. The fourth-order valence-corrected chi connectivity index (χ4v) is 7.02. The number of unbranched alkanes of at least 4 members (excludes halogenated alkanes) is 5. The van der Waals surface area contributed by atoms with E-state index in [1.165, 1.54) is 18.2 Å². The third-order valence-corrected chi connectivity index (χ3v) is 9.22. The maximum atomic E-state index is 12.6. The Kier molecular flexibility index (Phi) is 7.91. The molecule has 0 aliphatic heterocycles. The maximum Gasteiger partial charge on any atom is 0.311 e. The second-order valence-electron chi connectivity index (χ2n) is 9.23. The number of carbonyl (C=O) groups is 1. The van der Waals surface area contributed by atoms with Crippen LogP contribution in [-0.2, 0) is 35.1 Å². The van der Waals surface area contributed by atoms with Crippen molar-refractivity contribution in [1.29, 1.82) is 0 Å². The van der Waals surface area contributed by atoms with Crippen LogP contribution in [0.15, 0.2) is 51.1 Å². The number of rotatable bonds is 11. The van der Waals surface area contributed by atoms with E-state index in [0.717, 1.165) is 44.2 Å². The van der Waals surface area contributed by atoms with Crippen LogP contribution in [-0.4, -0.2) is 44.9 Å². The lowest BCUT2D eigenvalue weighted by atomic mass is 9.93. The van der Waals surface area contributed by atoms with Gasteiger partial charge >= 0.3 is 5.97 Å². The molecule has 0 amide bonds. The van der Waals surface area contributed by atoms with E-state index in [1.54, 1.807) is 0 Å². The lowest BCUT2D eigenvalue weighted by Crippen LogP contribution is -2.10. The zero-order valence-corrected chi connectivity index (χ0v) is 23.2. The van der Waals surface area contributed by atoms with Crippen molar-refractivity contribution in [3.8, 4) is 5.75 Å². The minimum absolute atomic E-state index is 0.0368. The molecule has 11 nitrogen and oxygen atoms in total. The quantitative estimate of drug-likeness (QED) is 0.0694. The van der Waals surface area contributed by atoms with Gasteiger partial charge in [0.15, 0.2) is 0 Å². The van der Waals surface area contributed by atoms with Gasteiger partial charge in [0, 0.05) is 44.8 Å². The van der Waals surface area contributed by atoms with E-state index in [0.29, 0.717) is 12.5 Å². The van der Waals surface area contributed by atoms with E-state index in [1.807, 2.05) is 0 Å². The average molecular weight is 599 g/mol. The van der Waals surface area contributed by atoms with Crippen molar-refractivity contribution in [1.82, 2.24) is 0 Å². The topological polar surface area (TPSA) is 189 Å². The van der Waals surface area contributed by atoms with Crippen molar-refractivity contribution in [2.75, 3.05) is 0 Å². The second-order valence-corrected chi connectivity index (χ2v) is 13.4. The summed E-state index contributed by atoms with van der Waals surface area (Å²) in [6.45, 7) is 2.09. The Morgan fingerprint density at radius 2 is 1.05 bits per heavy atom. The van der Waals surface area contributed by atoms with Crippen LogP contribution >= 0.6 is 0 Å². The largest absolute Gasteiger partial charge is 0.426 e. The van der Waals surface area contributed by atoms with E-state index in [-0.39, 0.29) is 44.5 Å². The highest BCUT2D eigenvalue weighted by Gasteiger charge is 2.28. The zero-order valence-electron chi connectivity index (χ0n) is 20.7. The van der Waals surface area contributed by atoms with Gasteiger partial charge in [-0.2, -0.15) is 25.3 Å². The number of benzene rings is 4. The summed E-state index contributed by atoms with van der Waals surface area (Å²) in [6, 6.07) is 6.43. The van der Waals surface area contributed by atoms with Gasteiger partial charge in [-0.15, -0.1) is 0 Å². The van der Waals surface area contributed by atoms with Gasteiger partial charge in [-0.05, 0) is 18.6 Å². The third kappa shape index (κ3) is 5.85. The van der Waals surface area contributed by atoms with E-state index in [9.17, 15) is 43.7 Å². The Labute approximate surface area is 225 Å². The smallest absolute Gasteiger partial charge is 0.311 e. The van der Waals surface area contributed by atoms with Gasteiger partial charge in [0.2, 0.25) is 0 Å². The van der Waals surface area contributed by atoms with Gasteiger partial charge in [-0.25, -0.2) is 0 Å². The molecule has 0 fully saturated rings. The number of hydrogen-bond donors (Lipinski definition) is 3. The Balaban J connectivity index is 1.97. The minimum atomic E-state index is -5.03. The summed E-state index contributed by atoms with van der Waals surface area (Å²) in [4.78, 5) is 10.3. The van der Waals surface area contributed by atoms with Crippen molar-refractivity contribution >= 4 is 68.6 Å². The molecule has 0 aliphatic carbocycles. The average Bonchev–Trinajstić information content (AvgIpc) is 2.82. The fraction of sp³-hybridized carbons (Fsp3) is 0.320. The van der Waals surface area contributed by atoms with E-state index < -0.39 is 51.0 Å². The zero-order chi connectivity index (χ0) is 28.8. The molecule has 4 aromatic rings. The van der Waals surface area contributed by atoms with Crippen LogP contribution in [0.1, 0.15) is 51.9 Å². The first-order chi connectivity index (χ1) is 18.1. The van der Waals surface area contributed by atoms with E-state index in [2.05, 4.69) is 6.92 Å². The van der Waals surface area contributed by atoms with Crippen molar-refractivity contribution in [2.45, 2.75) is 66.6 Å². The molecule has 0 bridgehead atoms.